The zero-order valence-electron chi connectivity index (χ0n) is 11.5. The second-order valence-electron chi connectivity index (χ2n) is 4.82. The monoisotopic (exact) mass is 332 g/mol. The fraction of sp³-hybridized carbons (Fsp3) is 0.188. The number of carbonyl (C=O) groups excluding carboxylic acids is 1. The van der Waals surface area contributed by atoms with Gasteiger partial charge in [-0.25, -0.2) is 0 Å². The van der Waals surface area contributed by atoms with Gasteiger partial charge < -0.3 is 11.1 Å². The van der Waals surface area contributed by atoms with Gasteiger partial charge >= 0.3 is 0 Å². The number of nitrogens with two attached hydrogens (primary N) is 1. The van der Waals surface area contributed by atoms with Crippen molar-refractivity contribution in [2.45, 2.75) is 19.9 Å². The van der Waals surface area contributed by atoms with Gasteiger partial charge in [0.05, 0.1) is 6.04 Å². The summed E-state index contributed by atoms with van der Waals surface area (Å²) in [7, 11) is 0. The molecular weight excluding hydrogens is 316 g/mol. The first kappa shape index (κ1) is 14.6. The molecule has 2 aromatic carbocycles. The maximum Gasteiger partial charge on any atom is 0.251 e. The molecule has 0 bridgehead atoms. The van der Waals surface area contributed by atoms with E-state index < -0.39 is 0 Å². The van der Waals surface area contributed by atoms with Crippen molar-refractivity contribution < 1.29 is 4.79 Å². The van der Waals surface area contributed by atoms with Gasteiger partial charge in [-0.15, -0.1) is 0 Å². The van der Waals surface area contributed by atoms with Crippen LogP contribution in [-0.4, -0.2) is 5.91 Å². The van der Waals surface area contributed by atoms with E-state index in [1.807, 2.05) is 44.2 Å². The molecule has 3 N–H and O–H groups in total. The molecule has 0 spiro atoms. The zero-order chi connectivity index (χ0) is 14.7. The normalized spacial score (nSPS) is 11.9. The van der Waals surface area contributed by atoms with Crippen LogP contribution in [-0.2, 0) is 0 Å². The fourth-order valence-corrected chi connectivity index (χ4v) is 2.16. The average molecular weight is 333 g/mol. The van der Waals surface area contributed by atoms with Gasteiger partial charge in [0.1, 0.15) is 0 Å². The summed E-state index contributed by atoms with van der Waals surface area (Å²) in [6, 6.07) is 13.2. The molecule has 0 aliphatic carbocycles. The van der Waals surface area contributed by atoms with Gasteiger partial charge in [0.2, 0.25) is 0 Å². The van der Waals surface area contributed by atoms with Crippen molar-refractivity contribution >= 4 is 27.5 Å². The van der Waals surface area contributed by atoms with Crippen molar-refractivity contribution in [2.24, 2.45) is 0 Å². The van der Waals surface area contributed by atoms with Crippen LogP contribution < -0.4 is 11.1 Å². The van der Waals surface area contributed by atoms with Crippen LogP contribution in [0.15, 0.2) is 46.9 Å². The molecule has 0 aliphatic rings. The minimum atomic E-state index is -0.118. The molecule has 1 amide bonds. The number of hydrogen-bond acceptors (Lipinski definition) is 2. The molecule has 0 fully saturated rings. The molecule has 2 aromatic rings. The predicted molar refractivity (Wildman–Crippen MR) is 85.6 cm³/mol. The number of carbonyl (C=O) groups is 1. The van der Waals surface area contributed by atoms with Crippen LogP contribution in [0.2, 0.25) is 0 Å². The van der Waals surface area contributed by atoms with Gasteiger partial charge in [-0.05, 0) is 49.2 Å². The Hall–Kier alpha value is -1.81. The van der Waals surface area contributed by atoms with Crippen molar-refractivity contribution in [2.75, 3.05) is 5.73 Å². The summed E-state index contributed by atoms with van der Waals surface area (Å²) < 4.78 is 1.02. The maximum atomic E-state index is 12.2. The summed E-state index contributed by atoms with van der Waals surface area (Å²) in [6.45, 7) is 3.88. The van der Waals surface area contributed by atoms with Crippen molar-refractivity contribution in [3.8, 4) is 0 Å². The van der Waals surface area contributed by atoms with Crippen molar-refractivity contribution in [1.82, 2.24) is 5.32 Å². The quantitative estimate of drug-likeness (QED) is 0.839. The number of hydrogen-bond donors (Lipinski definition) is 2. The van der Waals surface area contributed by atoms with E-state index in [2.05, 4.69) is 21.2 Å². The van der Waals surface area contributed by atoms with E-state index >= 15 is 0 Å². The van der Waals surface area contributed by atoms with Crippen LogP contribution in [0, 0.1) is 6.92 Å². The number of amides is 1. The minimum Gasteiger partial charge on any atom is -0.398 e. The summed E-state index contributed by atoms with van der Waals surface area (Å²) in [5, 5.41) is 2.97. The number of benzene rings is 2. The Morgan fingerprint density at radius 2 is 1.85 bits per heavy atom. The first-order valence-corrected chi connectivity index (χ1v) is 7.19. The molecule has 20 heavy (non-hydrogen) atoms. The average Bonchev–Trinajstić information content (AvgIpc) is 2.42. The van der Waals surface area contributed by atoms with Gasteiger partial charge in [-0.1, -0.05) is 34.1 Å². The third-order valence-electron chi connectivity index (χ3n) is 3.26. The molecule has 104 valence electrons. The SMILES string of the molecule is Cc1ccc(C(=O)N[C@H](C)c2ccc(Br)cc2)cc1N. The molecule has 0 aromatic heterocycles. The fourth-order valence-electron chi connectivity index (χ4n) is 1.90. The smallest absolute Gasteiger partial charge is 0.251 e. The summed E-state index contributed by atoms with van der Waals surface area (Å²) in [5.74, 6) is -0.118. The minimum absolute atomic E-state index is 0.0573. The molecule has 4 heteroatoms. The van der Waals surface area contributed by atoms with E-state index in [1.165, 1.54) is 0 Å². The van der Waals surface area contributed by atoms with Crippen LogP contribution in [0.1, 0.15) is 34.5 Å². The Labute approximate surface area is 127 Å². The van der Waals surface area contributed by atoms with Gasteiger partial charge in [-0.3, -0.25) is 4.79 Å². The third kappa shape index (κ3) is 3.39. The van der Waals surface area contributed by atoms with E-state index in [4.69, 9.17) is 5.73 Å². The van der Waals surface area contributed by atoms with Crippen molar-refractivity contribution in [3.05, 3.63) is 63.6 Å². The van der Waals surface area contributed by atoms with Crippen LogP contribution in [0.25, 0.3) is 0 Å². The third-order valence-corrected chi connectivity index (χ3v) is 3.79. The second-order valence-corrected chi connectivity index (χ2v) is 5.73. The molecule has 0 unspecified atom stereocenters. The van der Waals surface area contributed by atoms with E-state index in [0.717, 1.165) is 15.6 Å². The highest BCUT2D eigenvalue weighted by atomic mass is 79.9. The van der Waals surface area contributed by atoms with Crippen molar-refractivity contribution in [3.63, 3.8) is 0 Å². The summed E-state index contributed by atoms with van der Waals surface area (Å²) in [5.41, 5.74) is 9.08. The first-order valence-electron chi connectivity index (χ1n) is 6.40. The maximum absolute atomic E-state index is 12.2. The van der Waals surface area contributed by atoms with Gasteiger partial charge in [0.15, 0.2) is 0 Å². The summed E-state index contributed by atoms with van der Waals surface area (Å²) in [6.07, 6.45) is 0. The number of nitrogen functional groups attached to an aromatic ring is 1. The molecule has 0 saturated heterocycles. The number of aryl methyl sites for hydroxylation is 1. The number of nitrogens with one attached hydrogen (secondary N) is 1. The van der Waals surface area contributed by atoms with E-state index in [0.29, 0.717) is 11.3 Å². The lowest BCUT2D eigenvalue weighted by Gasteiger charge is -2.15. The lowest BCUT2D eigenvalue weighted by atomic mass is 10.1. The number of rotatable bonds is 3. The van der Waals surface area contributed by atoms with Crippen molar-refractivity contribution in [1.29, 1.82) is 0 Å². The van der Waals surface area contributed by atoms with E-state index in [9.17, 15) is 4.79 Å². The number of anilines is 1. The van der Waals surface area contributed by atoms with Crippen LogP contribution >= 0.6 is 15.9 Å². The molecule has 3 nitrogen and oxygen atoms in total. The van der Waals surface area contributed by atoms with Gasteiger partial charge in [0, 0.05) is 15.7 Å². The highest BCUT2D eigenvalue weighted by molar-refractivity contribution is 9.10. The molecule has 0 saturated carbocycles. The Bertz CT molecular complexity index is 623. The zero-order valence-corrected chi connectivity index (χ0v) is 13.1. The lowest BCUT2D eigenvalue weighted by molar-refractivity contribution is 0.0940. The van der Waals surface area contributed by atoms with Gasteiger partial charge in [0.25, 0.3) is 5.91 Å². The summed E-state index contributed by atoms with van der Waals surface area (Å²) >= 11 is 3.40. The van der Waals surface area contributed by atoms with Crippen LogP contribution in [0.4, 0.5) is 5.69 Å². The molecule has 1 atom stereocenters. The van der Waals surface area contributed by atoms with E-state index in [-0.39, 0.29) is 11.9 Å². The van der Waals surface area contributed by atoms with Gasteiger partial charge in [-0.2, -0.15) is 0 Å². The number of halogens is 1. The Balaban J connectivity index is 2.10. The Morgan fingerprint density at radius 3 is 2.45 bits per heavy atom. The highest BCUT2D eigenvalue weighted by Crippen LogP contribution is 2.18. The molecular formula is C16H17BrN2O. The standard InChI is InChI=1S/C16H17BrN2O/c1-10-3-4-13(9-15(10)18)16(20)19-11(2)12-5-7-14(17)8-6-12/h3-9,11H,18H2,1-2H3,(H,19,20)/t11-/m1/s1. The van der Waals surface area contributed by atoms with Crippen LogP contribution in [0.5, 0.6) is 0 Å². The first-order chi connectivity index (χ1) is 9.47. The predicted octanol–water partition coefficient (Wildman–Crippen LogP) is 3.83. The largest absolute Gasteiger partial charge is 0.398 e. The molecule has 0 aliphatic heterocycles. The molecule has 2 rings (SSSR count). The van der Waals surface area contributed by atoms with E-state index in [1.54, 1.807) is 12.1 Å². The lowest BCUT2D eigenvalue weighted by Crippen LogP contribution is -2.26. The highest BCUT2D eigenvalue weighted by Gasteiger charge is 2.12. The van der Waals surface area contributed by atoms with Crippen LogP contribution in [0.3, 0.4) is 0 Å². The topological polar surface area (TPSA) is 55.1 Å². The summed E-state index contributed by atoms with van der Waals surface area (Å²) in [4.78, 5) is 12.2. The second kappa shape index (κ2) is 6.09. The molecule has 0 radical (unpaired) electrons. The Morgan fingerprint density at radius 1 is 1.20 bits per heavy atom. The Kier molecular flexibility index (Phi) is 4.45. The molecule has 0 heterocycles.